The van der Waals surface area contributed by atoms with Gasteiger partial charge in [0.25, 0.3) is 0 Å². The van der Waals surface area contributed by atoms with Gasteiger partial charge in [0.15, 0.2) is 0 Å². The van der Waals surface area contributed by atoms with Gasteiger partial charge in [-0.1, -0.05) is 29.8 Å². The molecule has 0 fully saturated rings. The molecule has 1 aromatic carbocycles. The van der Waals surface area contributed by atoms with Gasteiger partial charge in [0, 0.05) is 17.3 Å². The molecule has 0 radical (unpaired) electrons. The van der Waals surface area contributed by atoms with E-state index in [0.29, 0.717) is 0 Å². The van der Waals surface area contributed by atoms with Crippen molar-refractivity contribution in [1.82, 2.24) is 0 Å². The molecule has 2 rings (SSSR count). The highest BCUT2D eigenvalue weighted by Gasteiger charge is 2.09. The molecular formula is C14H18ClN. The van der Waals surface area contributed by atoms with Crippen molar-refractivity contribution in [2.45, 2.75) is 26.2 Å². The van der Waals surface area contributed by atoms with Gasteiger partial charge in [-0.05, 0) is 49.8 Å². The fraction of sp³-hybridized carbons (Fsp3) is 0.429. The second-order valence-corrected chi connectivity index (χ2v) is 4.90. The minimum Gasteiger partial charge on any atom is -0.385 e. The highest BCUT2D eigenvalue weighted by Crippen LogP contribution is 2.22. The molecule has 0 heterocycles. The molecule has 1 unspecified atom stereocenters. The fourth-order valence-electron chi connectivity index (χ4n) is 2.01. The number of halogens is 1. The first-order valence-electron chi connectivity index (χ1n) is 5.91. The van der Waals surface area contributed by atoms with Crippen molar-refractivity contribution in [3.05, 3.63) is 40.9 Å². The van der Waals surface area contributed by atoms with Crippen LogP contribution in [0.3, 0.4) is 0 Å². The summed E-state index contributed by atoms with van der Waals surface area (Å²) in [6.45, 7) is 3.07. The van der Waals surface area contributed by atoms with Gasteiger partial charge in [-0.15, -0.1) is 0 Å². The number of hydrogen-bond acceptors (Lipinski definition) is 1. The molecule has 1 aliphatic carbocycles. The van der Waals surface area contributed by atoms with Crippen LogP contribution in [0.1, 0.15) is 24.8 Å². The van der Waals surface area contributed by atoms with E-state index >= 15 is 0 Å². The second kappa shape index (κ2) is 5.40. The van der Waals surface area contributed by atoms with Crippen molar-refractivity contribution in [1.29, 1.82) is 0 Å². The van der Waals surface area contributed by atoms with E-state index in [9.17, 15) is 0 Å². The molecule has 1 nitrogen and oxygen atoms in total. The third-order valence-electron chi connectivity index (χ3n) is 3.14. The van der Waals surface area contributed by atoms with Gasteiger partial charge in [0.05, 0.1) is 0 Å². The zero-order chi connectivity index (χ0) is 11.4. The molecule has 0 saturated carbocycles. The van der Waals surface area contributed by atoms with Gasteiger partial charge in [-0.2, -0.15) is 0 Å². The minimum atomic E-state index is 0.769. The summed E-state index contributed by atoms with van der Waals surface area (Å²) < 4.78 is 0. The number of hydrogen-bond donors (Lipinski definition) is 1. The zero-order valence-corrected chi connectivity index (χ0v) is 10.4. The van der Waals surface area contributed by atoms with Gasteiger partial charge < -0.3 is 5.32 Å². The number of nitrogens with one attached hydrogen (secondary N) is 1. The molecular weight excluding hydrogens is 218 g/mol. The number of aryl methyl sites for hydroxylation is 1. The van der Waals surface area contributed by atoms with Crippen LogP contribution < -0.4 is 5.32 Å². The molecule has 0 aromatic heterocycles. The van der Waals surface area contributed by atoms with Crippen LogP contribution >= 0.6 is 11.6 Å². The average molecular weight is 236 g/mol. The molecule has 2 heteroatoms. The van der Waals surface area contributed by atoms with Crippen molar-refractivity contribution in [3.8, 4) is 0 Å². The van der Waals surface area contributed by atoms with Gasteiger partial charge in [-0.25, -0.2) is 0 Å². The summed E-state index contributed by atoms with van der Waals surface area (Å²) in [6, 6.07) is 6.17. The predicted octanol–water partition coefficient (Wildman–Crippen LogP) is 4.42. The number of benzene rings is 1. The van der Waals surface area contributed by atoms with E-state index in [0.717, 1.165) is 28.7 Å². The topological polar surface area (TPSA) is 12.0 Å². The standard InChI is InChI=1S/C14H18ClN/c1-11-7-8-13(9-14(11)15)16-10-12-5-3-2-4-6-12/h2-3,7-9,12,16H,4-6,10H2,1H3. The van der Waals surface area contributed by atoms with Crippen molar-refractivity contribution >= 4 is 17.3 Å². The highest BCUT2D eigenvalue weighted by atomic mass is 35.5. The van der Waals surface area contributed by atoms with E-state index in [2.05, 4.69) is 29.6 Å². The Kier molecular flexibility index (Phi) is 3.89. The normalized spacial score (nSPS) is 19.8. The van der Waals surface area contributed by atoms with E-state index in [1.807, 2.05) is 13.0 Å². The average Bonchev–Trinajstić information content (AvgIpc) is 2.32. The number of allylic oxidation sites excluding steroid dienone is 2. The first-order valence-corrected chi connectivity index (χ1v) is 6.28. The Hall–Kier alpha value is -0.950. The summed E-state index contributed by atoms with van der Waals surface area (Å²) in [4.78, 5) is 0. The van der Waals surface area contributed by atoms with Crippen molar-refractivity contribution in [2.24, 2.45) is 5.92 Å². The third-order valence-corrected chi connectivity index (χ3v) is 3.55. The van der Waals surface area contributed by atoms with Crippen LogP contribution in [0.4, 0.5) is 5.69 Å². The lowest BCUT2D eigenvalue weighted by Gasteiger charge is -2.19. The molecule has 0 spiro atoms. The Morgan fingerprint density at radius 2 is 2.25 bits per heavy atom. The maximum Gasteiger partial charge on any atom is 0.0455 e. The summed E-state index contributed by atoms with van der Waals surface area (Å²) in [5.74, 6) is 0.769. The molecule has 0 aliphatic heterocycles. The summed E-state index contributed by atoms with van der Waals surface area (Å²) in [5.41, 5.74) is 2.26. The smallest absolute Gasteiger partial charge is 0.0455 e. The van der Waals surface area contributed by atoms with Gasteiger partial charge in [0.1, 0.15) is 0 Å². The van der Waals surface area contributed by atoms with Crippen LogP contribution in [0, 0.1) is 12.8 Å². The molecule has 1 aromatic rings. The van der Waals surface area contributed by atoms with Crippen LogP contribution in [0.2, 0.25) is 5.02 Å². The first kappa shape index (κ1) is 11.5. The van der Waals surface area contributed by atoms with Gasteiger partial charge in [0.2, 0.25) is 0 Å². The number of rotatable bonds is 3. The molecule has 0 amide bonds. The van der Waals surface area contributed by atoms with Crippen LogP contribution in [-0.2, 0) is 0 Å². The Bertz CT molecular complexity index is 384. The quantitative estimate of drug-likeness (QED) is 0.765. The zero-order valence-electron chi connectivity index (χ0n) is 9.67. The van der Waals surface area contributed by atoms with Crippen molar-refractivity contribution < 1.29 is 0 Å². The van der Waals surface area contributed by atoms with Crippen molar-refractivity contribution in [3.63, 3.8) is 0 Å². The third kappa shape index (κ3) is 3.02. The second-order valence-electron chi connectivity index (χ2n) is 4.50. The lowest BCUT2D eigenvalue weighted by molar-refractivity contribution is 0.504. The summed E-state index contributed by atoms with van der Waals surface area (Å²) >= 11 is 6.08. The molecule has 1 N–H and O–H groups in total. The lowest BCUT2D eigenvalue weighted by atomic mass is 9.94. The van der Waals surface area contributed by atoms with E-state index in [4.69, 9.17) is 11.6 Å². The minimum absolute atomic E-state index is 0.769. The molecule has 16 heavy (non-hydrogen) atoms. The van der Waals surface area contributed by atoms with Crippen LogP contribution in [-0.4, -0.2) is 6.54 Å². The molecule has 0 saturated heterocycles. The molecule has 1 aliphatic rings. The van der Waals surface area contributed by atoms with Gasteiger partial charge in [-0.3, -0.25) is 0 Å². The summed E-state index contributed by atoms with van der Waals surface area (Å²) in [7, 11) is 0. The fourth-order valence-corrected chi connectivity index (χ4v) is 2.19. The summed E-state index contributed by atoms with van der Waals surface area (Å²) in [5, 5.41) is 4.31. The van der Waals surface area contributed by atoms with Crippen LogP contribution in [0.25, 0.3) is 0 Å². The maximum atomic E-state index is 6.08. The maximum absolute atomic E-state index is 6.08. The van der Waals surface area contributed by atoms with E-state index in [1.54, 1.807) is 0 Å². The van der Waals surface area contributed by atoms with Gasteiger partial charge >= 0.3 is 0 Å². The Morgan fingerprint density at radius 1 is 1.38 bits per heavy atom. The Balaban J connectivity index is 1.89. The first-order chi connectivity index (χ1) is 7.75. The molecule has 0 bridgehead atoms. The lowest BCUT2D eigenvalue weighted by Crippen LogP contribution is -2.15. The van der Waals surface area contributed by atoms with Crippen LogP contribution in [0.15, 0.2) is 30.4 Å². The largest absolute Gasteiger partial charge is 0.385 e. The molecule has 1 atom stereocenters. The van der Waals surface area contributed by atoms with Crippen LogP contribution in [0.5, 0.6) is 0 Å². The Morgan fingerprint density at radius 3 is 2.94 bits per heavy atom. The predicted molar refractivity (Wildman–Crippen MR) is 71.2 cm³/mol. The highest BCUT2D eigenvalue weighted by molar-refractivity contribution is 6.31. The molecule has 86 valence electrons. The SMILES string of the molecule is Cc1ccc(NCC2CC=CCC2)cc1Cl. The van der Waals surface area contributed by atoms with E-state index in [1.165, 1.54) is 19.3 Å². The monoisotopic (exact) mass is 235 g/mol. The summed E-state index contributed by atoms with van der Waals surface area (Å²) in [6.07, 6.45) is 8.29. The van der Waals surface area contributed by atoms with E-state index < -0.39 is 0 Å². The Labute approximate surface area is 103 Å². The van der Waals surface area contributed by atoms with Crippen molar-refractivity contribution in [2.75, 3.05) is 11.9 Å². The van der Waals surface area contributed by atoms with E-state index in [-0.39, 0.29) is 0 Å². The number of anilines is 1.